The average Bonchev–Trinajstić information content (AvgIpc) is 2.53. The predicted octanol–water partition coefficient (Wildman–Crippen LogP) is 3.04. The van der Waals surface area contributed by atoms with Crippen LogP contribution in [0.3, 0.4) is 0 Å². The standard InChI is InChI=1S/C9H8N2S2/c12-9-11-10-8(13-9)6-7-4-2-1-3-5-7/h1-5,8H,6H2. The van der Waals surface area contributed by atoms with Crippen molar-refractivity contribution < 1.29 is 0 Å². The molecule has 1 heterocycles. The van der Waals surface area contributed by atoms with E-state index in [2.05, 4.69) is 22.4 Å². The quantitative estimate of drug-likeness (QED) is 0.698. The second-order valence-corrected chi connectivity index (χ2v) is 4.56. The first-order chi connectivity index (χ1) is 6.34. The lowest BCUT2D eigenvalue weighted by molar-refractivity contribution is 0.870. The SMILES string of the molecule is S=C1N=NC(Cc2ccccc2)S1. The van der Waals surface area contributed by atoms with Crippen molar-refractivity contribution in [1.82, 2.24) is 0 Å². The third kappa shape index (κ3) is 2.35. The summed E-state index contributed by atoms with van der Waals surface area (Å²) in [6.45, 7) is 0. The summed E-state index contributed by atoms with van der Waals surface area (Å²) in [5.41, 5.74) is 1.28. The fourth-order valence-corrected chi connectivity index (χ4v) is 2.25. The Balaban J connectivity index is 2.00. The van der Waals surface area contributed by atoms with Crippen molar-refractivity contribution in [1.29, 1.82) is 0 Å². The summed E-state index contributed by atoms with van der Waals surface area (Å²) in [4.78, 5) is 0. The maximum atomic E-state index is 4.91. The molecule has 13 heavy (non-hydrogen) atoms. The summed E-state index contributed by atoms with van der Waals surface area (Å²) in [6, 6.07) is 10.3. The Kier molecular flexibility index (Phi) is 2.71. The largest absolute Gasteiger partial charge is 0.184 e. The van der Waals surface area contributed by atoms with Gasteiger partial charge in [0, 0.05) is 6.42 Å². The Morgan fingerprint density at radius 3 is 2.69 bits per heavy atom. The molecule has 4 heteroatoms. The second kappa shape index (κ2) is 3.98. The van der Waals surface area contributed by atoms with Crippen LogP contribution in [0.25, 0.3) is 0 Å². The minimum atomic E-state index is 0.190. The highest BCUT2D eigenvalue weighted by atomic mass is 32.2. The third-order valence-corrected chi connectivity index (χ3v) is 2.94. The van der Waals surface area contributed by atoms with Crippen LogP contribution in [0.5, 0.6) is 0 Å². The normalized spacial score (nSPS) is 20.9. The lowest BCUT2D eigenvalue weighted by Gasteiger charge is -2.02. The molecule has 0 fully saturated rings. The van der Waals surface area contributed by atoms with Crippen molar-refractivity contribution in [2.24, 2.45) is 10.2 Å². The molecule has 1 atom stereocenters. The molecule has 1 unspecified atom stereocenters. The van der Waals surface area contributed by atoms with Crippen LogP contribution in [-0.4, -0.2) is 9.69 Å². The van der Waals surface area contributed by atoms with Gasteiger partial charge in [-0.15, -0.1) is 5.11 Å². The van der Waals surface area contributed by atoms with Crippen molar-refractivity contribution in [2.45, 2.75) is 11.8 Å². The van der Waals surface area contributed by atoms with Gasteiger partial charge >= 0.3 is 0 Å². The van der Waals surface area contributed by atoms with Gasteiger partial charge in [-0.25, -0.2) is 0 Å². The van der Waals surface area contributed by atoms with E-state index in [1.165, 1.54) is 5.56 Å². The monoisotopic (exact) mass is 208 g/mol. The highest BCUT2D eigenvalue weighted by Gasteiger charge is 2.17. The first kappa shape index (κ1) is 8.84. The molecule has 2 nitrogen and oxygen atoms in total. The summed E-state index contributed by atoms with van der Waals surface area (Å²) in [5, 5.41) is 8.08. The van der Waals surface area contributed by atoms with E-state index < -0.39 is 0 Å². The van der Waals surface area contributed by atoms with E-state index in [1.807, 2.05) is 18.2 Å². The zero-order valence-electron chi connectivity index (χ0n) is 6.88. The fraction of sp³-hybridized carbons (Fsp3) is 0.222. The van der Waals surface area contributed by atoms with Crippen molar-refractivity contribution >= 4 is 28.3 Å². The number of thioether (sulfide) groups is 1. The summed E-state index contributed by atoms with van der Waals surface area (Å²) in [7, 11) is 0. The summed E-state index contributed by atoms with van der Waals surface area (Å²) in [6.07, 6.45) is 0.912. The number of benzene rings is 1. The third-order valence-electron chi connectivity index (χ3n) is 1.76. The minimum absolute atomic E-state index is 0.190. The van der Waals surface area contributed by atoms with E-state index in [1.54, 1.807) is 11.8 Å². The van der Waals surface area contributed by atoms with Crippen LogP contribution in [0.4, 0.5) is 0 Å². The number of hydrogen-bond acceptors (Lipinski definition) is 3. The molecule has 66 valence electrons. The van der Waals surface area contributed by atoms with Gasteiger partial charge in [-0.3, -0.25) is 0 Å². The molecule has 0 N–H and O–H groups in total. The van der Waals surface area contributed by atoms with E-state index >= 15 is 0 Å². The molecule has 1 aliphatic rings. The molecule has 0 spiro atoms. The van der Waals surface area contributed by atoms with Gasteiger partial charge < -0.3 is 0 Å². The van der Waals surface area contributed by atoms with Gasteiger partial charge in [0.05, 0.1) is 0 Å². The molecule has 0 saturated carbocycles. The van der Waals surface area contributed by atoms with E-state index in [9.17, 15) is 0 Å². The molecule has 2 rings (SSSR count). The lowest BCUT2D eigenvalue weighted by Crippen LogP contribution is -1.99. The van der Waals surface area contributed by atoms with Crippen LogP contribution in [0.1, 0.15) is 5.56 Å². The van der Waals surface area contributed by atoms with Gasteiger partial charge in [0.1, 0.15) is 5.37 Å². The Bertz CT molecular complexity index is 335. The van der Waals surface area contributed by atoms with Crippen molar-refractivity contribution in [3.63, 3.8) is 0 Å². The van der Waals surface area contributed by atoms with E-state index in [-0.39, 0.29) is 5.37 Å². The van der Waals surface area contributed by atoms with Crippen molar-refractivity contribution in [3.8, 4) is 0 Å². The summed E-state index contributed by atoms with van der Waals surface area (Å²) in [5.74, 6) is 0. The van der Waals surface area contributed by atoms with Gasteiger partial charge in [-0.2, -0.15) is 5.11 Å². The van der Waals surface area contributed by atoms with E-state index in [4.69, 9.17) is 12.2 Å². The molecule has 1 aliphatic heterocycles. The smallest absolute Gasteiger partial charge is 0.172 e. The predicted molar refractivity (Wildman–Crippen MR) is 59.0 cm³/mol. The maximum absolute atomic E-state index is 4.91. The topological polar surface area (TPSA) is 24.7 Å². The Morgan fingerprint density at radius 2 is 2.08 bits per heavy atom. The lowest BCUT2D eigenvalue weighted by atomic mass is 10.1. The van der Waals surface area contributed by atoms with Crippen LogP contribution >= 0.6 is 24.0 Å². The summed E-state index contributed by atoms with van der Waals surface area (Å²) >= 11 is 6.47. The van der Waals surface area contributed by atoms with Crippen molar-refractivity contribution in [3.05, 3.63) is 35.9 Å². The van der Waals surface area contributed by atoms with Crippen LogP contribution in [0, 0.1) is 0 Å². The molecular weight excluding hydrogens is 200 g/mol. The molecule has 0 saturated heterocycles. The van der Waals surface area contributed by atoms with Gasteiger partial charge in [-0.05, 0) is 17.8 Å². The number of rotatable bonds is 2. The minimum Gasteiger partial charge on any atom is -0.172 e. The van der Waals surface area contributed by atoms with Gasteiger partial charge in [0.15, 0.2) is 4.32 Å². The first-order valence-electron chi connectivity index (χ1n) is 4.00. The molecule has 0 bridgehead atoms. The highest BCUT2D eigenvalue weighted by Crippen LogP contribution is 2.26. The zero-order valence-corrected chi connectivity index (χ0v) is 8.52. The molecule has 0 aromatic heterocycles. The Hall–Kier alpha value is -0.740. The van der Waals surface area contributed by atoms with Crippen molar-refractivity contribution in [2.75, 3.05) is 0 Å². The molecule has 1 aromatic carbocycles. The Morgan fingerprint density at radius 1 is 1.31 bits per heavy atom. The second-order valence-electron chi connectivity index (χ2n) is 2.74. The van der Waals surface area contributed by atoms with Gasteiger partial charge in [-0.1, -0.05) is 42.1 Å². The number of thiocarbonyl (C=S) groups is 1. The molecule has 0 amide bonds. The zero-order chi connectivity index (χ0) is 9.10. The van der Waals surface area contributed by atoms with Gasteiger partial charge in [0.2, 0.25) is 0 Å². The number of nitrogens with zero attached hydrogens (tertiary/aromatic N) is 2. The van der Waals surface area contributed by atoms with Crippen LogP contribution < -0.4 is 0 Å². The molecule has 1 aromatic rings. The van der Waals surface area contributed by atoms with Crippen LogP contribution in [-0.2, 0) is 6.42 Å². The highest BCUT2D eigenvalue weighted by molar-refractivity contribution is 8.23. The van der Waals surface area contributed by atoms with Crippen LogP contribution in [0.2, 0.25) is 0 Å². The molecule has 0 aliphatic carbocycles. The van der Waals surface area contributed by atoms with Crippen LogP contribution in [0.15, 0.2) is 40.6 Å². The van der Waals surface area contributed by atoms with E-state index in [0.29, 0.717) is 4.32 Å². The molecular formula is C9H8N2S2. The average molecular weight is 208 g/mol. The maximum Gasteiger partial charge on any atom is 0.184 e. The first-order valence-corrected chi connectivity index (χ1v) is 5.29. The fourth-order valence-electron chi connectivity index (χ4n) is 1.17. The number of hydrogen-bond donors (Lipinski definition) is 0. The number of azo groups is 1. The Labute approximate surface area is 86.4 Å². The molecule has 0 radical (unpaired) electrons. The summed E-state index contributed by atoms with van der Waals surface area (Å²) < 4.78 is 0.654. The van der Waals surface area contributed by atoms with Gasteiger partial charge in [0.25, 0.3) is 0 Å². The van der Waals surface area contributed by atoms with E-state index in [0.717, 1.165) is 6.42 Å².